The molecule has 4 rings (SSSR count). The second-order valence-electron chi connectivity index (χ2n) is 10.9. The highest BCUT2D eigenvalue weighted by molar-refractivity contribution is 7.90. The van der Waals surface area contributed by atoms with E-state index in [1.54, 1.807) is 18.2 Å². The van der Waals surface area contributed by atoms with Crippen LogP contribution in [0.15, 0.2) is 77.7 Å². The van der Waals surface area contributed by atoms with Crippen molar-refractivity contribution in [2.45, 2.75) is 57.1 Å². The maximum Gasteiger partial charge on any atom is 0.256 e. The van der Waals surface area contributed by atoms with Gasteiger partial charge in [0.1, 0.15) is 17.5 Å². The van der Waals surface area contributed by atoms with Crippen LogP contribution in [0, 0.1) is 0 Å². The van der Waals surface area contributed by atoms with Crippen LogP contribution < -0.4 is 10.1 Å². The number of fused-ring (bicyclic) bond motifs is 1. The lowest BCUT2D eigenvalue weighted by Gasteiger charge is -2.37. The Morgan fingerprint density at radius 2 is 1.61 bits per heavy atom. The fourth-order valence-electron chi connectivity index (χ4n) is 5.43. The summed E-state index contributed by atoms with van der Waals surface area (Å²) in [4.78, 5) is 31.4. The average molecular weight is 578 g/mol. The Morgan fingerprint density at radius 3 is 2.27 bits per heavy atom. The number of nitrogens with one attached hydrogen (secondary N) is 1. The van der Waals surface area contributed by atoms with Crippen molar-refractivity contribution in [3.05, 3.63) is 89.5 Å². The van der Waals surface area contributed by atoms with Gasteiger partial charge in [-0.05, 0) is 81.6 Å². The van der Waals surface area contributed by atoms with Crippen molar-refractivity contribution in [1.29, 1.82) is 0 Å². The van der Waals surface area contributed by atoms with Crippen LogP contribution in [-0.4, -0.2) is 68.0 Å². The van der Waals surface area contributed by atoms with E-state index in [1.165, 1.54) is 17.0 Å². The summed E-state index contributed by atoms with van der Waals surface area (Å²) in [6.45, 7) is 9.80. The minimum Gasteiger partial charge on any atom is -0.457 e. The van der Waals surface area contributed by atoms with E-state index in [0.717, 1.165) is 11.8 Å². The van der Waals surface area contributed by atoms with Gasteiger partial charge < -0.3 is 15.0 Å². The number of nitrogens with zero attached hydrogens (tertiary/aromatic N) is 2. The van der Waals surface area contributed by atoms with Gasteiger partial charge in [-0.1, -0.05) is 36.4 Å². The van der Waals surface area contributed by atoms with Crippen molar-refractivity contribution < 1.29 is 22.7 Å². The van der Waals surface area contributed by atoms with Gasteiger partial charge in [-0.15, -0.1) is 0 Å². The molecule has 1 heterocycles. The number of sulfone groups is 1. The van der Waals surface area contributed by atoms with Crippen LogP contribution in [0.4, 0.5) is 0 Å². The number of carbonyl (C=O) groups is 2. The molecular weight excluding hydrogens is 538 g/mol. The van der Waals surface area contributed by atoms with Crippen LogP contribution in [0.2, 0.25) is 0 Å². The lowest BCUT2D eigenvalue weighted by Crippen LogP contribution is -2.49. The topological polar surface area (TPSA) is 96.0 Å². The van der Waals surface area contributed by atoms with Crippen LogP contribution in [0.5, 0.6) is 11.5 Å². The zero-order chi connectivity index (χ0) is 29.7. The molecule has 0 fully saturated rings. The maximum atomic E-state index is 13.9. The second-order valence-corrected chi connectivity index (χ2v) is 12.9. The van der Waals surface area contributed by atoms with E-state index < -0.39 is 21.8 Å². The Hall–Kier alpha value is -3.69. The van der Waals surface area contributed by atoms with Crippen molar-refractivity contribution in [2.24, 2.45) is 0 Å². The monoisotopic (exact) mass is 577 g/mol. The number of benzene rings is 3. The Labute approximate surface area is 243 Å². The molecule has 0 saturated carbocycles. The highest BCUT2D eigenvalue weighted by atomic mass is 32.2. The predicted molar refractivity (Wildman–Crippen MR) is 160 cm³/mol. The molecule has 1 unspecified atom stereocenters. The van der Waals surface area contributed by atoms with Gasteiger partial charge in [-0.2, -0.15) is 0 Å². The maximum absolute atomic E-state index is 13.9. The van der Waals surface area contributed by atoms with Crippen molar-refractivity contribution in [1.82, 2.24) is 15.1 Å². The molecule has 3 aromatic rings. The molecule has 1 aliphatic heterocycles. The van der Waals surface area contributed by atoms with Gasteiger partial charge in [0.25, 0.3) is 5.91 Å². The summed E-state index contributed by atoms with van der Waals surface area (Å²) in [5.41, 5.74) is 1.67. The SMILES string of the molecule is CC(C)N(CCNC(=O)C1c2ccc(Oc3ccccc3)cc2CCN1C(=O)c1ccccc1S(C)(=O)=O)C(C)C. The average Bonchev–Trinajstić information content (AvgIpc) is 2.93. The summed E-state index contributed by atoms with van der Waals surface area (Å²) in [7, 11) is -3.66. The zero-order valence-corrected chi connectivity index (χ0v) is 25.1. The summed E-state index contributed by atoms with van der Waals surface area (Å²) < 4.78 is 31.0. The molecule has 0 saturated heterocycles. The Kier molecular flexibility index (Phi) is 9.50. The van der Waals surface area contributed by atoms with Crippen LogP contribution in [-0.2, 0) is 21.1 Å². The minimum atomic E-state index is -3.66. The molecule has 9 heteroatoms. The number of carbonyl (C=O) groups excluding carboxylic acids is 2. The first-order chi connectivity index (χ1) is 19.5. The lowest BCUT2D eigenvalue weighted by molar-refractivity contribution is -0.126. The third-order valence-corrected chi connectivity index (χ3v) is 8.50. The quantitative estimate of drug-likeness (QED) is 0.370. The molecule has 0 spiro atoms. The van der Waals surface area contributed by atoms with Crippen molar-refractivity contribution in [2.75, 3.05) is 25.9 Å². The first kappa shape index (κ1) is 30.3. The van der Waals surface area contributed by atoms with Gasteiger partial charge in [0.15, 0.2) is 9.84 Å². The summed E-state index contributed by atoms with van der Waals surface area (Å²) in [5.74, 6) is 0.542. The molecule has 0 aliphatic carbocycles. The van der Waals surface area contributed by atoms with E-state index in [0.29, 0.717) is 48.7 Å². The van der Waals surface area contributed by atoms with E-state index >= 15 is 0 Å². The molecule has 8 nitrogen and oxygen atoms in total. The molecule has 218 valence electrons. The Balaban J connectivity index is 1.66. The van der Waals surface area contributed by atoms with E-state index in [1.807, 2.05) is 42.5 Å². The minimum absolute atomic E-state index is 0.0499. The molecule has 41 heavy (non-hydrogen) atoms. The Bertz CT molecular complexity index is 1480. The smallest absolute Gasteiger partial charge is 0.256 e. The van der Waals surface area contributed by atoms with Gasteiger partial charge in [0.05, 0.1) is 10.5 Å². The van der Waals surface area contributed by atoms with Gasteiger partial charge in [0, 0.05) is 38.0 Å². The fourth-order valence-corrected chi connectivity index (χ4v) is 6.31. The third-order valence-electron chi connectivity index (χ3n) is 7.34. The number of hydrogen-bond acceptors (Lipinski definition) is 6. The fraction of sp³-hybridized carbons (Fsp3) is 0.375. The van der Waals surface area contributed by atoms with E-state index in [2.05, 4.69) is 37.9 Å². The standard InChI is InChI=1S/C32H39N3O5S/c1-22(2)34(23(3)4)20-18-33-31(36)30-27-16-15-26(40-25-11-7-6-8-12-25)21-24(27)17-19-35(30)32(37)28-13-9-10-14-29(28)41(5,38)39/h6-16,21-23,30H,17-20H2,1-5H3,(H,33,36). The summed E-state index contributed by atoms with van der Waals surface area (Å²) in [6, 6.07) is 20.8. The van der Waals surface area contributed by atoms with Crippen molar-refractivity contribution >= 4 is 21.7 Å². The number of rotatable bonds is 10. The number of ether oxygens (including phenoxy) is 1. The normalized spacial score (nSPS) is 15.2. The predicted octanol–water partition coefficient (Wildman–Crippen LogP) is 4.86. The molecule has 0 aromatic heterocycles. The molecule has 0 bridgehead atoms. The molecule has 1 N–H and O–H groups in total. The molecule has 2 amide bonds. The van der Waals surface area contributed by atoms with Crippen LogP contribution in [0.3, 0.4) is 0 Å². The molecule has 1 aliphatic rings. The second kappa shape index (κ2) is 12.9. The third kappa shape index (κ3) is 7.15. The zero-order valence-electron chi connectivity index (χ0n) is 24.3. The molecular formula is C32H39N3O5S. The lowest BCUT2D eigenvalue weighted by atomic mass is 9.91. The summed E-state index contributed by atoms with van der Waals surface area (Å²) in [5, 5.41) is 3.05. The molecule has 3 aromatic carbocycles. The van der Waals surface area contributed by atoms with E-state index in [-0.39, 0.29) is 22.9 Å². The van der Waals surface area contributed by atoms with Crippen LogP contribution in [0.1, 0.15) is 55.2 Å². The van der Waals surface area contributed by atoms with Gasteiger partial charge in [-0.25, -0.2) is 8.42 Å². The number of amides is 2. The highest BCUT2D eigenvalue weighted by Gasteiger charge is 2.37. The van der Waals surface area contributed by atoms with Gasteiger partial charge >= 0.3 is 0 Å². The van der Waals surface area contributed by atoms with E-state index in [4.69, 9.17) is 4.74 Å². The summed E-state index contributed by atoms with van der Waals surface area (Å²) >= 11 is 0. The Morgan fingerprint density at radius 1 is 0.951 bits per heavy atom. The van der Waals surface area contributed by atoms with Crippen molar-refractivity contribution in [3.63, 3.8) is 0 Å². The largest absolute Gasteiger partial charge is 0.457 e. The first-order valence-electron chi connectivity index (χ1n) is 14.0. The van der Waals surface area contributed by atoms with Crippen LogP contribution in [0.25, 0.3) is 0 Å². The van der Waals surface area contributed by atoms with E-state index in [9.17, 15) is 18.0 Å². The number of hydrogen-bond donors (Lipinski definition) is 1. The van der Waals surface area contributed by atoms with Crippen molar-refractivity contribution in [3.8, 4) is 11.5 Å². The molecule has 1 atom stereocenters. The number of para-hydroxylation sites is 1. The molecule has 0 radical (unpaired) electrons. The van der Waals surface area contributed by atoms with Gasteiger partial charge in [0.2, 0.25) is 5.91 Å². The summed E-state index contributed by atoms with van der Waals surface area (Å²) in [6.07, 6.45) is 1.57. The highest BCUT2D eigenvalue weighted by Crippen LogP contribution is 2.35. The first-order valence-corrected chi connectivity index (χ1v) is 15.9. The van der Waals surface area contributed by atoms with Crippen LogP contribution >= 0.6 is 0 Å². The van der Waals surface area contributed by atoms with Gasteiger partial charge in [-0.3, -0.25) is 14.5 Å².